The van der Waals surface area contributed by atoms with E-state index in [-0.39, 0.29) is 5.92 Å². The van der Waals surface area contributed by atoms with Crippen LogP contribution in [-0.2, 0) is 0 Å². The number of nitriles is 1. The first kappa shape index (κ1) is 19.2. The highest BCUT2D eigenvalue weighted by molar-refractivity contribution is 9.10. The normalized spacial score (nSPS) is 16.6. The Morgan fingerprint density at radius 3 is 2.90 bits per heavy atom. The van der Waals surface area contributed by atoms with Crippen LogP contribution in [0.2, 0.25) is 0 Å². The van der Waals surface area contributed by atoms with Crippen LogP contribution in [0.15, 0.2) is 41.1 Å². The first-order chi connectivity index (χ1) is 14.1. The summed E-state index contributed by atoms with van der Waals surface area (Å²) in [6.45, 7) is 1.40. The lowest BCUT2D eigenvalue weighted by atomic mass is 9.99. The van der Waals surface area contributed by atoms with Crippen LogP contribution in [-0.4, -0.2) is 50.2 Å². The molecule has 0 radical (unpaired) electrons. The van der Waals surface area contributed by atoms with Crippen molar-refractivity contribution in [2.45, 2.75) is 12.8 Å². The van der Waals surface area contributed by atoms with Gasteiger partial charge in [0.15, 0.2) is 5.65 Å². The molecule has 1 N–H and O–H groups in total. The number of hydrogen-bond acceptors (Lipinski definition) is 5. The molecule has 1 aromatic carbocycles. The second-order valence-corrected chi connectivity index (χ2v) is 7.71. The molecule has 3 heterocycles. The van der Waals surface area contributed by atoms with E-state index >= 15 is 0 Å². The summed E-state index contributed by atoms with van der Waals surface area (Å²) in [5, 5.41) is 18.2. The minimum absolute atomic E-state index is 0.113. The number of nitrogens with zero attached hydrogens (tertiary/aromatic N) is 5. The van der Waals surface area contributed by atoms with Gasteiger partial charge in [0.1, 0.15) is 0 Å². The van der Waals surface area contributed by atoms with Crippen LogP contribution in [0.3, 0.4) is 0 Å². The maximum absolute atomic E-state index is 11.2. The van der Waals surface area contributed by atoms with Gasteiger partial charge in [0, 0.05) is 37.0 Å². The Hall–Kier alpha value is -3.12. The number of imidazole rings is 1. The first-order valence-electron chi connectivity index (χ1n) is 9.20. The quantitative estimate of drug-likeness (QED) is 0.641. The van der Waals surface area contributed by atoms with Crippen LogP contribution in [0.25, 0.3) is 16.9 Å². The van der Waals surface area contributed by atoms with Crippen molar-refractivity contribution in [1.29, 1.82) is 5.26 Å². The minimum Gasteiger partial charge on any atom is -0.465 e. The van der Waals surface area contributed by atoms with Crippen molar-refractivity contribution in [3.8, 4) is 23.3 Å². The molecule has 1 saturated heterocycles. The number of amides is 1. The van der Waals surface area contributed by atoms with Gasteiger partial charge in [-0.3, -0.25) is 4.40 Å². The number of ether oxygens (including phenoxy) is 1. The van der Waals surface area contributed by atoms with Gasteiger partial charge >= 0.3 is 12.1 Å². The summed E-state index contributed by atoms with van der Waals surface area (Å²) < 4.78 is 8.52. The number of rotatable bonds is 4. The van der Waals surface area contributed by atoms with Gasteiger partial charge in [0.2, 0.25) is 0 Å². The zero-order valence-electron chi connectivity index (χ0n) is 15.5. The maximum Gasteiger partial charge on any atom is 0.407 e. The molecule has 1 fully saturated rings. The Morgan fingerprint density at radius 1 is 1.38 bits per heavy atom. The predicted molar refractivity (Wildman–Crippen MR) is 109 cm³/mol. The molecule has 3 aromatic rings. The largest absolute Gasteiger partial charge is 0.465 e. The number of fused-ring (bicyclic) bond motifs is 1. The average molecular weight is 456 g/mol. The zero-order chi connectivity index (χ0) is 20.4. The van der Waals surface area contributed by atoms with E-state index in [1.165, 1.54) is 4.90 Å². The van der Waals surface area contributed by atoms with E-state index in [2.05, 4.69) is 32.0 Å². The SMILES string of the molecule is N#Cc1ccc(-c2nc(OCC3CCCN(C(=O)O)C3)n3ccnc3c2Br)cc1. The van der Waals surface area contributed by atoms with Crippen LogP contribution < -0.4 is 4.74 Å². The van der Waals surface area contributed by atoms with Crippen LogP contribution in [0.4, 0.5) is 4.79 Å². The first-order valence-corrected chi connectivity index (χ1v) is 10.00. The molecule has 1 amide bonds. The van der Waals surface area contributed by atoms with Crippen molar-refractivity contribution < 1.29 is 14.6 Å². The molecule has 0 bridgehead atoms. The van der Waals surface area contributed by atoms with E-state index in [1.807, 2.05) is 12.1 Å². The number of carboxylic acid groups (broad SMARTS) is 1. The summed E-state index contributed by atoms with van der Waals surface area (Å²) in [6.07, 6.45) is 4.29. The molecule has 29 heavy (non-hydrogen) atoms. The van der Waals surface area contributed by atoms with Crippen molar-refractivity contribution >= 4 is 27.7 Å². The van der Waals surface area contributed by atoms with Crippen molar-refractivity contribution in [1.82, 2.24) is 19.3 Å². The number of carbonyl (C=O) groups is 1. The fourth-order valence-corrected chi connectivity index (χ4v) is 4.10. The fraction of sp³-hybridized carbons (Fsp3) is 0.300. The minimum atomic E-state index is -0.892. The van der Waals surface area contributed by atoms with Crippen molar-refractivity contribution in [3.63, 3.8) is 0 Å². The molecule has 148 valence electrons. The highest BCUT2D eigenvalue weighted by Crippen LogP contribution is 2.32. The molecule has 8 nitrogen and oxygen atoms in total. The standard InChI is InChI=1S/C20H18BrN5O3/c21-16-17(15-5-3-13(10-22)4-6-15)24-19(26-9-7-23-18(16)26)29-12-14-2-1-8-25(11-14)20(27)28/h3-7,9,14H,1-2,8,11-12H2,(H,27,28). The van der Waals surface area contributed by atoms with E-state index in [0.717, 1.165) is 22.9 Å². The van der Waals surface area contributed by atoms with Gasteiger partial charge in [0.25, 0.3) is 0 Å². The molecule has 1 aliphatic rings. The highest BCUT2D eigenvalue weighted by Gasteiger charge is 2.24. The topological polar surface area (TPSA) is 104 Å². The lowest BCUT2D eigenvalue weighted by Crippen LogP contribution is -2.40. The van der Waals surface area contributed by atoms with Gasteiger partial charge < -0.3 is 14.7 Å². The summed E-state index contributed by atoms with van der Waals surface area (Å²) in [5.74, 6) is 0.113. The fourth-order valence-electron chi connectivity index (χ4n) is 3.49. The van der Waals surface area contributed by atoms with Gasteiger partial charge in [-0.2, -0.15) is 10.2 Å². The van der Waals surface area contributed by atoms with Crippen LogP contribution in [0.5, 0.6) is 6.01 Å². The summed E-state index contributed by atoms with van der Waals surface area (Å²) in [7, 11) is 0. The molecule has 1 aliphatic heterocycles. The van der Waals surface area contributed by atoms with E-state index in [1.54, 1.807) is 28.9 Å². The molecule has 0 aliphatic carbocycles. The summed E-state index contributed by atoms with van der Waals surface area (Å²) >= 11 is 3.58. The summed E-state index contributed by atoms with van der Waals surface area (Å²) in [6, 6.07) is 9.65. The van der Waals surface area contributed by atoms with Crippen LogP contribution in [0, 0.1) is 17.2 Å². The third-order valence-electron chi connectivity index (χ3n) is 4.98. The lowest BCUT2D eigenvalue weighted by molar-refractivity contribution is 0.102. The van der Waals surface area contributed by atoms with Crippen LogP contribution in [0.1, 0.15) is 18.4 Å². The highest BCUT2D eigenvalue weighted by atomic mass is 79.9. The molecule has 0 saturated carbocycles. The molecule has 0 spiro atoms. The van der Waals surface area contributed by atoms with Crippen LogP contribution >= 0.6 is 15.9 Å². The Kier molecular flexibility index (Phi) is 5.36. The number of aromatic nitrogens is 3. The Bertz CT molecular complexity index is 1090. The third-order valence-corrected chi connectivity index (χ3v) is 5.71. The second-order valence-electron chi connectivity index (χ2n) is 6.91. The molecule has 2 aromatic heterocycles. The number of halogens is 1. The Morgan fingerprint density at radius 2 is 2.17 bits per heavy atom. The second kappa shape index (κ2) is 8.09. The van der Waals surface area contributed by atoms with Gasteiger partial charge in [-0.25, -0.2) is 9.78 Å². The number of piperidine rings is 1. The zero-order valence-corrected chi connectivity index (χ0v) is 17.0. The van der Waals surface area contributed by atoms with E-state index < -0.39 is 6.09 Å². The molecular formula is C20H18BrN5O3. The van der Waals surface area contributed by atoms with Crippen molar-refractivity contribution in [2.75, 3.05) is 19.7 Å². The van der Waals surface area contributed by atoms with Gasteiger partial charge in [-0.1, -0.05) is 12.1 Å². The lowest BCUT2D eigenvalue weighted by Gasteiger charge is -2.30. The molecule has 4 rings (SSSR count). The predicted octanol–water partition coefficient (Wildman–Crippen LogP) is 3.80. The van der Waals surface area contributed by atoms with Crippen molar-refractivity contribution in [2.24, 2.45) is 5.92 Å². The van der Waals surface area contributed by atoms with E-state index in [4.69, 9.17) is 10.00 Å². The number of likely N-dealkylation sites (tertiary alicyclic amines) is 1. The Labute approximate surface area is 175 Å². The third kappa shape index (κ3) is 3.89. The molecule has 1 unspecified atom stereocenters. The Balaban J connectivity index is 1.62. The summed E-state index contributed by atoms with van der Waals surface area (Å²) in [5.41, 5.74) is 2.74. The molecular weight excluding hydrogens is 438 g/mol. The van der Waals surface area contributed by atoms with E-state index in [9.17, 15) is 9.90 Å². The molecule has 9 heteroatoms. The maximum atomic E-state index is 11.2. The van der Waals surface area contributed by atoms with Gasteiger partial charge in [0.05, 0.1) is 28.4 Å². The smallest absolute Gasteiger partial charge is 0.407 e. The van der Waals surface area contributed by atoms with E-state index in [0.29, 0.717) is 42.6 Å². The number of hydrogen-bond donors (Lipinski definition) is 1. The average Bonchev–Trinajstić information content (AvgIpc) is 3.24. The van der Waals surface area contributed by atoms with Gasteiger partial charge in [-0.15, -0.1) is 0 Å². The summed E-state index contributed by atoms with van der Waals surface area (Å²) in [4.78, 5) is 21.7. The monoisotopic (exact) mass is 455 g/mol. The van der Waals surface area contributed by atoms with Gasteiger partial charge in [-0.05, 0) is 40.9 Å². The number of benzene rings is 1. The molecule has 1 atom stereocenters. The van der Waals surface area contributed by atoms with Crippen molar-refractivity contribution in [3.05, 3.63) is 46.7 Å².